The zero-order chi connectivity index (χ0) is 14.3. The van der Waals surface area contributed by atoms with E-state index < -0.39 is 4.92 Å². The molecule has 5 nitrogen and oxygen atoms in total. The number of hydrogen-bond donors (Lipinski definition) is 1. The second-order valence-corrected chi connectivity index (χ2v) is 6.59. The molecule has 0 atom stereocenters. The number of nitrogens with one attached hydrogen (secondary N) is 1. The summed E-state index contributed by atoms with van der Waals surface area (Å²) in [5.74, 6) is -0.146. The largest absolute Gasteiger partial charge is 0.360 e. The lowest BCUT2D eigenvalue weighted by molar-refractivity contribution is -0.384. The molecule has 3 rings (SSSR count). The quantitative estimate of drug-likeness (QED) is 0.438. The summed E-state index contributed by atoms with van der Waals surface area (Å²) in [5, 5.41) is 11.4. The number of rotatable bonds is 3. The van der Waals surface area contributed by atoms with Gasteiger partial charge in [-0.25, -0.2) is 0 Å². The van der Waals surface area contributed by atoms with Crippen LogP contribution in [-0.2, 0) is 0 Å². The average Bonchev–Trinajstić information content (AvgIpc) is 3.03. The molecule has 0 saturated heterocycles. The number of nitro benzene ring substituents is 1. The van der Waals surface area contributed by atoms with Crippen molar-refractivity contribution in [2.24, 2.45) is 0 Å². The molecule has 2 heterocycles. The first-order valence-corrected chi connectivity index (χ1v) is 7.23. The number of thiophene rings is 1. The molecule has 100 valence electrons. The van der Waals surface area contributed by atoms with Crippen molar-refractivity contribution >= 4 is 49.6 Å². The first kappa shape index (κ1) is 13.0. The van der Waals surface area contributed by atoms with Crippen LogP contribution >= 0.6 is 27.3 Å². The van der Waals surface area contributed by atoms with Crippen molar-refractivity contribution < 1.29 is 9.72 Å². The first-order valence-electron chi connectivity index (χ1n) is 5.62. The minimum Gasteiger partial charge on any atom is -0.360 e. The lowest BCUT2D eigenvalue weighted by Crippen LogP contribution is -1.97. The van der Waals surface area contributed by atoms with E-state index in [-0.39, 0.29) is 11.5 Å². The van der Waals surface area contributed by atoms with E-state index in [9.17, 15) is 14.9 Å². The van der Waals surface area contributed by atoms with Gasteiger partial charge in [0.25, 0.3) is 5.69 Å². The Balaban J connectivity index is 2.14. The van der Waals surface area contributed by atoms with E-state index in [4.69, 9.17) is 0 Å². The Morgan fingerprint density at radius 2 is 2.10 bits per heavy atom. The number of benzene rings is 1. The fourth-order valence-corrected chi connectivity index (χ4v) is 3.32. The van der Waals surface area contributed by atoms with Crippen LogP contribution in [0.15, 0.2) is 40.3 Å². The van der Waals surface area contributed by atoms with Crippen molar-refractivity contribution in [2.45, 2.75) is 0 Å². The third kappa shape index (κ3) is 2.14. The molecule has 2 aromatic heterocycles. The van der Waals surface area contributed by atoms with E-state index in [0.717, 1.165) is 3.79 Å². The summed E-state index contributed by atoms with van der Waals surface area (Å²) >= 11 is 4.65. The maximum Gasteiger partial charge on any atom is 0.270 e. The van der Waals surface area contributed by atoms with Gasteiger partial charge in [0.15, 0.2) is 0 Å². The van der Waals surface area contributed by atoms with Crippen LogP contribution in [-0.4, -0.2) is 15.7 Å². The normalized spacial score (nSPS) is 10.8. The van der Waals surface area contributed by atoms with Crippen LogP contribution in [0.25, 0.3) is 10.9 Å². The number of fused-ring (bicyclic) bond motifs is 1. The van der Waals surface area contributed by atoms with Crippen molar-refractivity contribution in [3.8, 4) is 0 Å². The molecule has 1 aromatic carbocycles. The Morgan fingerprint density at radius 3 is 2.75 bits per heavy atom. The number of ketones is 1. The van der Waals surface area contributed by atoms with E-state index in [2.05, 4.69) is 20.9 Å². The van der Waals surface area contributed by atoms with Gasteiger partial charge in [-0.3, -0.25) is 14.9 Å². The molecule has 7 heteroatoms. The summed E-state index contributed by atoms with van der Waals surface area (Å²) in [6, 6.07) is 7.97. The first-order chi connectivity index (χ1) is 9.56. The highest BCUT2D eigenvalue weighted by Gasteiger charge is 2.18. The van der Waals surface area contributed by atoms with Crippen LogP contribution < -0.4 is 0 Å². The smallest absolute Gasteiger partial charge is 0.270 e. The summed E-state index contributed by atoms with van der Waals surface area (Å²) in [6.45, 7) is 0. The van der Waals surface area contributed by atoms with Gasteiger partial charge < -0.3 is 4.98 Å². The predicted octanol–water partition coefficient (Wildman–Crippen LogP) is 4.13. The Kier molecular flexibility index (Phi) is 3.15. The van der Waals surface area contributed by atoms with Crippen molar-refractivity contribution in [3.05, 3.63) is 60.9 Å². The fourth-order valence-electron chi connectivity index (χ4n) is 1.98. The molecule has 0 aliphatic carbocycles. The van der Waals surface area contributed by atoms with E-state index in [1.54, 1.807) is 24.4 Å². The lowest BCUT2D eigenvalue weighted by atomic mass is 10.1. The van der Waals surface area contributed by atoms with Crippen LogP contribution in [0.1, 0.15) is 15.2 Å². The molecular weight excluding hydrogens is 344 g/mol. The van der Waals surface area contributed by atoms with Crippen molar-refractivity contribution in [2.75, 3.05) is 0 Å². The highest BCUT2D eigenvalue weighted by Crippen LogP contribution is 2.29. The van der Waals surface area contributed by atoms with Crippen LogP contribution in [0.3, 0.4) is 0 Å². The zero-order valence-electron chi connectivity index (χ0n) is 9.92. The molecule has 0 fully saturated rings. The molecule has 0 saturated carbocycles. The standard InChI is InChI=1S/C13H7BrN2O3S/c14-12-4-3-11(20-12)13(17)9-6-15-10-2-1-7(16(18)19)5-8(9)10/h1-6,15H. The Bertz CT molecular complexity index is 837. The summed E-state index contributed by atoms with van der Waals surface area (Å²) in [7, 11) is 0. The number of hydrogen-bond acceptors (Lipinski definition) is 4. The van der Waals surface area contributed by atoms with Gasteiger partial charge >= 0.3 is 0 Å². The van der Waals surface area contributed by atoms with Gasteiger partial charge in [0, 0.05) is 34.8 Å². The van der Waals surface area contributed by atoms with Crippen LogP contribution in [0, 0.1) is 10.1 Å². The van der Waals surface area contributed by atoms with E-state index in [0.29, 0.717) is 21.3 Å². The van der Waals surface area contributed by atoms with Crippen molar-refractivity contribution in [1.82, 2.24) is 4.98 Å². The van der Waals surface area contributed by atoms with Gasteiger partial charge in [-0.2, -0.15) is 0 Å². The minimum atomic E-state index is -0.470. The van der Waals surface area contributed by atoms with Gasteiger partial charge in [-0.15, -0.1) is 11.3 Å². The molecule has 20 heavy (non-hydrogen) atoms. The number of carbonyl (C=O) groups excluding carboxylic acids is 1. The molecule has 0 bridgehead atoms. The van der Waals surface area contributed by atoms with Gasteiger partial charge in [0.2, 0.25) is 5.78 Å². The van der Waals surface area contributed by atoms with Gasteiger partial charge in [-0.05, 0) is 34.1 Å². The predicted molar refractivity (Wildman–Crippen MR) is 80.4 cm³/mol. The summed E-state index contributed by atoms with van der Waals surface area (Å²) < 4.78 is 0.867. The summed E-state index contributed by atoms with van der Waals surface area (Å²) in [5.41, 5.74) is 1.12. The second kappa shape index (κ2) is 4.84. The molecule has 0 spiro atoms. The van der Waals surface area contributed by atoms with Gasteiger partial charge in [0.1, 0.15) is 0 Å². The Hall–Kier alpha value is -1.99. The number of halogens is 1. The fraction of sp³-hybridized carbons (Fsp3) is 0. The second-order valence-electron chi connectivity index (χ2n) is 4.12. The average molecular weight is 351 g/mol. The zero-order valence-corrected chi connectivity index (χ0v) is 12.3. The molecule has 0 unspecified atom stereocenters. The van der Waals surface area contributed by atoms with Crippen LogP contribution in [0.2, 0.25) is 0 Å². The lowest BCUT2D eigenvalue weighted by Gasteiger charge is -1.96. The third-order valence-electron chi connectivity index (χ3n) is 2.92. The number of aromatic nitrogens is 1. The van der Waals surface area contributed by atoms with Crippen molar-refractivity contribution in [1.29, 1.82) is 0 Å². The maximum atomic E-state index is 12.4. The van der Waals surface area contributed by atoms with E-state index >= 15 is 0 Å². The SMILES string of the molecule is O=C(c1ccc(Br)s1)c1c[nH]c2ccc([N+](=O)[O-])cc12. The maximum absolute atomic E-state index is 12.4. The number of non-ortho nitro benzene ring substituents is 1. The van der Waals surface area contributed by atoms with Gasteiger partial charge in [-0.1, -0.05) is 0 Å². The molecule has 0 amide bonds. The molecule has 1 N–H and O–H groups in total. The Labute approximate surface area is 125 Å². The molecule has 3 aromatic rings. The topological polar surface area (TPSA) is 76.0 Å². The highest BCUT2D eigenvalue weighted by atomic mass is 79.9. The molecule has 0 aliphatic rings. The highest BCUT2D eigenvalue weighted by molar-refractivity contribution is 9.11. The summed E-state index contributed by atoms with van der Waals surface area (Å²) in [6.07, 6.45) is 1.59. The number of nitrogens with zero attached hydrogens (tertiary/aromatic N) is 1. The Morgan fingerprint density at radius 1 is 1.30 bits per heavy atom. The summed E-state index contributed by atoms with van der Waals surface area (Å²) in [4.78, 5) is 26.3. The monoisotopic (exact) mass is 350 g/mol. The van der Waals surface area contributed by atoms with Crippen molar-refractivity contribution in [3.63, 3.8) is 0 Å². The third-order valence-corrected chi connectivity index (χ3v) is 4.54. The molecule has 0 aliphatic heterocycles. The minimum absolute atomic E-state index is 0.0292. The number of H-pyrrole nitrogens is 1. The molecule has 0 radical (unpaired) electrons. The molecular formula is C13H7BrN2O3S. The number of nitro groups is 1. The number of aromatic amines is 1. The van der Waals surface area contributed by atoms with Gasteiger partial charge in [0.05, 0.1) is 13.6 Å². The van der Waals surface area contributed by atoms with Crippen LogP contribution in [0.5, 0.6) is 0 Å². The van der Waals surface area contributed by atoms with E-state index in [1.807, 2.05) is 0 Å². The number of carbonyl (C=O) groups is 1. The van der Waals surface area contributed by atoms with Crippen LogP contribution in [0.4, 0.5) is 5.69 Å². The van der Waals surface area contributed by atoms with E-state index in [1.165, 1.54) is 23.5 Å².